The Kier molecular flexibility index (Phi) is 31.3. The Balaban J connectivity index is 1.68. The van der Waals surface area contributed by atoms with Crippen molar-refractivity contribution in [3.63, 3.8) is 0 Å². The number of nitrogens with zero attached hydrogens (tertiary/aromatic N) is 2. The van der Waals surface area contributed by atoms with E-state index in [1.165, 1.54) is 11.8 Å². The molecule has 0 saturated heterocycles. The van der Waals surface area contributed by atoms with Crippen molar-refractivity contribution in [1.29, 1.82) is 0 Å². The zero-order chi connectivity index (χ0) is 32.3. The summed E-state index contributed by atoms with van der Waals surface area (Å²) < 4.78 is 48.8. The number of rotatable bonds is 35. The number of unbranched alkanes of at least 4 members (excludes halogenated alkanes) is 2. The summed E-state index contributed by atoms with van der Waals surface area (Å²) in [5.74, 6) is 0.0609. The molecule has 0 unspecified atom stereocenters. The monoisotopic (exact) mass is 663 g/mol. The minimum absolute atomic E-state index is 0.0609. The molecule has 1 heterocycles. The third-order valence-corrected chi connectivity index (χ3v) is 6.56. The van der Waals surface area contributed by atoms with E-state index in [0.717, 1.165) is 36.4 Å². The van der Waals surface area contributed by atoms with Crippen molar-refractivity contribution >= 4 is 17.7 Å². The van der Waals surface area contributed by atoms with E-state index >= 15 is 0 Å². The van der Waals surface area contributed by atoms with E-state index in [1.54, 1.807) is 0 Å². The van der Waals surface area contributed by atoms with Crippen molar-refractivity contribution in [2.45, 2.75) is 44.2 Å². The fourth-order valence-corrected chi connectivity index (χ4v) is 3.94. The summed E-state index contributed by atoms with van der Waals surface area (Å²) in [6.07, 6.45) is 10.1. The van der Waals surface area contributed by atoms with Crippen molar-refractivity contribution in [2.75, 3.05) is 132 Å². The lowest BCUT2D eigenvalue weighted by Gasteiger charge is -2.09. The Labute approximate surface area is 274 Å². The minimum atomic E-state index is 0.0609. The second kappa shape index (κ2) is 33.9. The molecule has 13 nitrogen and oxygen atoms in total. The maximum atomic E-state index is 11.9. The maximum Gasteiger partial charge on any atom is 0.220 e. The normalized spacial score (nSPS) is 11.3. The molecule has 45 heavy (non-hydrogen) atoms. The first-order valence-corrected chi connectivity index (χ1v) is 17.3. The van der Waals surface area contributed by atoms with E-state index in [4.69, 9.17) is 42.6 Å². The number of ether oxygens (including phenoxy) is 9. The van der Waals surface area contributed by atoms with Crippen LogP contribution in [-0.2, 0) is 53.8 Å². The van der Waals surface area contributed by atoms with Crippen molar-refractivity contribution in [3.8, 4) is 0 Å². The number of aryl methyl sites for hydroxylation is 1. The molecular weight excluding hydrogens is 606 g/mol. The first-order chi connectivity index (χ1) is 22.3. The van der Waals surface area contributed by atoms with Crippen molar-refractivity contribution in [2.24, 2.45) is 0 Å². The van der Waals surface area contributed by atoms with Gasteiger partial charge >= 0.3 is 0 Å². The molecule has 1 aromatic rings. The molecule has 1 amide bonds. The van der Waals surface area contributed by atoms with E-state index in [9.17, 15) is 4.79 Å². The van der Waals surface area contributed by atoms with Gasteiger partial charge in [0.05, 0.1) is 112 Å². The van der Waals surface area contributed by atoms with Crippen LogP contribution in [0.1, 0.15) is 38.2 Å². The van der Waals surface area contributed by atoms with Gasteiger partial charge < -0.3 is 47.9 Å². The summed E-state index contributed by atoms with van der Waals surface area (Å²) in [5, 5.41) is 3.68. The van der Waals surface area contributed by atoms with E-state index in [-0.39, 0.29) is 5.91 Å². The average molecular weight is 664 g/mol. The largest absolute Gasteiger partial charge is 0.379 e. The van der Waals surface area contributed by atoms with Gasteiger partial charge in [-0.05, 0) is 38.0 Å². The van der Waals surface area contributed by atoms with Gasteiger partial charge in [-0.3, -0.25) is 4.79 Å². The lowest BCUT2D eigenvalue weighted by Crippen LogP contribution is -2.27. The summed E-state index contributed by atoms with van der Waals surface area (Å²) >= 11 is 1.54. The van der Waals surface area contributed by atoms with Crippen LogP contribution in [0.4, 0.5) is 0 Å². The number of hydrogen-bond acceptors (Lipinski definition) is 13. The summed E-state index contributed by atoms with van der Waals surface area (Å²) in [5.41, 5.74) is 1.14. The van der Waals surface area contributed by atoms with Gasteiger partial charge in [-0.2, -0.15) is 0 Å². The van der Waals surface area contributed by atoms with Crippen LogP contribution in [0.25, 0.3) is 0 Å². The number of carbonyl (C=O) groups excluding carboxylic acids is 1. The van der Waals surface area contributed by atoms with Gasteiger partial charge in [-0.1, -0.05) is 18.2 Å². The van der Waals surface area contributed by atoms with Crippen LogP contribution in [0, 0.1) is 0 Å². The number of hydrogen-bond donors (Lipinski definition) is 1. The zero-order valence-electron chi connectivity index (χ0n) is 27.5. The first kappa shape index (κ1) is 41.6. The molecule has 1 rings (SSSR count). The topological polar surface area (TPSA) is 138 Å². The molecule has 0 radical (unpaired) electrons. The summed E-state index contributed by atoms with van der Waals surface area (Å²) in [6.45, 7) is 12.0. The minimum Gasteiger partial charge on any atom is -0.379 e. The van der Waals surface area contributed by atoms with Crippen LogP contribution < -0.4 is 5.32 Å². The zero-order valence-corrected chi connectivity index (χ0v) is 28.3. The highest BCUT2D eigenvalue weighted by molar-refractivity contribution is 7.98. The molecule has 262 valence electrons. The Morgan fingerprint density at radius 3 is 1.40 bits per heavy atom. The molecule has 0 atom stereocenters. The third kappa shape index (κ3) is 29.7. The number of nitrogens with one attached hydrogen (secondary N) is 1. The van der Waals surface area contributed by atoms with E-state index < -0.39 is 0 Å². The van der Waals surface area contributed by atoms with Crippen LogP contribution in [0.15, 0.2) is 17.6 Å². The van der Waals surface area contributed by atoms with Crippen molar-refractivity contribution in [1.82, 2.24) is 15.3 Å². The Bertz CT molecular complexity index is 768. The van der Waals surface area contributed by atoms with E-state index in [2.05, 4.69) is 15.3 Å². The summed E-state index contributed by atoms with van der Waals surface area (Å²) in [4.78, 5) is 20.5. The highest BCUT2D eigenvalue weighted by Crippen LogP contribution is 2.10. The second-order valence-corrected chi connectivity index (χ2v) is 10.4. The number of aromatic nitrogens is 2. The van der Waals surface area contributed by atoms with Crippen LogP contribution in [-0.4, -0.2) is 148 Å². The molecule has 1 N–H and O–H groups in total. The lowest BCUT2D eigenvalue weighted by molar-refractivity contribution is -0.121. The highest BCUT2D eigenvalue weighted by atomic mass is 32.2. The van der Waals surface area contributed by atoms with Crippen molar-refractivity contribution in [3.05, 3.63) is 18.0 Å². The van der Waals surface area contributed by atoms with E-state index in [0.29, 0.717) is 132 Å². The maximum absolute atomic E-state index is 11.9. The van der Waals surface area contributed by atoms with Gasteiger partial charge in [0, 0.05) is 32.0 Å². The number of thioether (sulfide) groups is 1. The molecule has 0 aromatic carbocycles. The predicted octanol–water partition coefficient (Wildman–Crippen LogP) is 2.59. The molecule has 1 aromatic heterocycles. The SMILES string of the molecule is CCOCCOCCOCCOCCOCCOCCOCCOCCOCCNC(=O)CCCCCc1cnc(SC)nc1. The van der Waals surface area contributed by atoms with E-state index in [1.807, 2.05) is 25.6 Å². The predicted molar refractivity (Wildman–Crippen MR) is 172 cm³/mol. The second-order valence-electron chi connectivity index (χ2n) is 9.58. The van der Waals surface area contributed by atoms with Gasteiger partial charge in [-0.15, -0.1) is 0 Å². The van der Waals surface area contributed by atoms with Gasteiger partial charge in [0.1, 0.15) is 0 Å². The molecule has 0 aliphatic rings. The standard InChI is InChI=1S/C31H57N3O10S/c1-3-36-11-12-38-15-16-40-19-20-42-23-24-44-26-25-43-22-21-41-18-17-39-14-13-37-10-9-32-30(35)8-6-4-5-7-29-27-33-31(45-2)34-28-29/h27-28H,3-26H2,1-2H3,(H,32,35). The van der Waals surface area contributed by atoms with Gasteiger partial charge in [0.15, 0.2) is 5.16 Å². The highest BCUT2D eigenvalue weighted by Gasteiger charge is 2.02. The average Bonchev–Trinajstić information content (AvgIpc) is 3.06. The Morgan fingerprint density at radius 1 is 0.600 bits per heavy atom. The summed E-state index contributed by atoms with van der Waals surface area (Å²) in [6, 6.07) is 0. The quantitative estimate of drug-likeness (QED) is 0.0648. The molecule has 0 aliphatic heterocycles. The van der Waals surface area contributed by atoms with Gasteiger partial charge in [0.25, 0.3) is 0 Å². The lowest BCUT2D eigenvalue weighted by atomic mass is 10.1. The molecule has 0 fully saturated rings. The first-order valence-electron chi connectivity index (χ1n) is 16.1. The van der Waals surface area contributed by atoms with Crippen LogP contribution in [0.2, 0.25) is 0 Å². The van der Waals surface area contributed by atoms with Gasteiger partial charge in [-0.25, -0.2) is 9.97 Å². The Morgan fingerprint density at radius 2 is 1.00 bits per heavy atom. The van der Waals surface area contributed by atoms with Crippen molar-refractivity contribution < 1.29 is 47.4 Å². The fraction of sp³-hybridized carbons (Fsp3) is 0.839. The fourth-order valence-electron chi connectivity index (χ4n) is 3.62. The molecule has 0 bridgehead atoms. The van der Waals surface area contributed by atoms with Crippen LogP contribution in [0.5, 0.6) is 0 Å². The van der Waals surface area contributed by atoms with Crippen LogP contribution >= 0.6 is 11.8 Å². The third-order valence-electron chi connectivity index (χ3n) is 5.98. The number of amides is 1. The number of carbonyl (C=O) groups is 1. The molecular formula is C31H57N3O10S. The molecule has 0 saturated carbocycles. The smallest absolute Gasteiger partial charge is 0.220 e. The molecule has 0 spiro atoms. The molecule has 0 aliphatic carbocycles. The summed E-state index contributed by atoms with van der Waals surface area (Å²) in [7, 11) is 0. The Hall–Kier alpha value is -1.46. The molecule has 14 heteroatoms. The van der Waals surface area contributed by atoms with Gasteiger partial charge in [0.2, 0.25) is 5.91 Å². The van der Waals surface area contributed by atoms with Crippen LogP contribution in [0.3, 0.4) is 0 Å².